The van der Waals surface area contributed by atoms with Gasteiger partial charge in [0, 0.05) is 12.1 Å². The summed E-state index contributed by atoms with van der Waals surface area (Å²) in [6.07, 6.45) is -4.33. The number of para-hydroxylation sites is 1. The molecule has 4 aliphatic rings. The standard InChI is InChI=1S/C21H23NO7/c1-18(2,3)20(27)9-12-19(10-13(23)28-12)17(26)29-16-21(19,20)14(24)15(25)22(16)11-7-5-4-6-8-11/h4-8,12,14,16,24,27H,9-10H2,1-3H3/t12-,14-,16-,19-,20+,21+/m0/s1. The summed E-state index contributed by atoms with van der Waals surface area (Å²) in [5.41, 5.74) is -5.47. The molecule has 1 saturated carbocycles. The molecule has 3 heterocycles. The average Bonchev–Trinajstić information content (AvgIpc) is 3.24. The lowest BCUT2D eigenvalue weighted by Crippen LogP contribution is -2.65. The van der Waals surface area contributed by atoms with Gasteiger partial charge < -0.3 is 19.7 Å². The summed E-state index contributed by atoms with van der Waals surface area (Å²) in [5, 5.41) is 23.4. The number of ether oxygens (including phenoxy) is 2. The van der Waals surface area contributed by atoms with Crippen molar-refractivity contribution in [3.05, 3.63) is 30.3 Å². The summed E-state index contributed by atoms with van der Waals surface area (Å²) in [4.78, 5) is 40.0. The van der Waals surface area contributed by atoms with Gasteiger partial charge in [0.25, 0.3) is 5.91 Å². The van der Waals surface area contributed by atoms with Crippen LogP contribution in [0, 0.1) is 16.2 Å². The summed E-state index contributed by atoms with van der Waals surface area (Å²) < 4.78 is 11.1. The number of aliphatic hydroxyl groups excluding tert-OH is 1. The van der Waals surface area contributed by atoms with Gasteiger partial charge in [0.1, 0.15) is 23.0 Å². The van der Waals surface area contributed by atoms with Crippen molar-refractivity contribution in [1.82, 2.24) is 0 Å². The van der Waals surface area contributed by atoms with Gasteiger partial charge in [0.05, 0.1) is 12.0 Å². The monoisotopic (exact) mass is 401 g/mol. The fourth-order valence-corrected chi connectivity index (χ4v) is 6.26. The van der Waals surface area contributed by atoms with Crippen LogP contribution in [0.2, 0.25) is 0 Å². The Labute approximate surface area is 167 Å². The Bertz CT molecular complexity index is 940. The van der Waals surface area contributed by atoms with Crippen LogP contribution in [0.4, 0.5) is 5.69 Å². The first-order chi connectivity index (χ1) is 13.5. The minimum atomic E-state index is -1.74. The Hall–Kier alpha value is -2.45. The van der Waals surface area contributed by atoms with Crippen LogP contribution in [-0.4, -0.2) is 52.1 Å². The van der Waals surface area contributed by atoms with Gasteiger partial charge in [-0.2, -0.15) is 0 Å². The van der Waals surface area contributed by atoms with Gasteiger partial charge >= 0.3 is 11.9 Å². The summed E-state index contributed by atoms with van der Waals surface area (Å²) >= 11 is 0. The van der Waals surface area contributed by atoms with Crippen molar-refractivity contribution in [3.8, 4) is 0 Å². The Morgan fingerprint density at radius 1 is 1.10 bits per heavy atom. The lowest BCUT2D eigenvalue weighted by atomic mass is 9.52. The van der Waals surface area contributed by atoms with E-state index in [1.54, 1.807) is 51.1 Å². The minimum Gasteiger partial charge on any atom is -0.461 e. The van der Waals surface area contributed by atoms with E-state index < -0.39 is 58.1 Å². The van der Waals surface area contributed by atoms with Crippen LogP contribution in [0.3, 0.4) is 0 Å². The summed E-state index contributed by atoms with van der Waals surface area (Å²) in [6.45, 7) is 5.33. The highest BCUT2D eigenvalue weighted by Crippen LogP contribution is 2.76. The number of amides is 1. The number of benzene rings is 1. The summed E-state index contributed by atoms with van der Waals surface area (Å²) in [6, 6.07) is 8.56. The van der Waals surface area contributed by atoms with Crippen molar-refractivity contribution < 1.29 is 34.1 Å². The molecule has 6 atom stereocenters. The van der Waals surface area contributed by atoms with Gasteiger partial charge in [-0.15, -0.1) is 0 Å². The fraction of sp³-hybridized carbons (Fsp3) is 0.571. The zero-order valence-electron chi connectivity index (χ0n) is 16.4. The Kier molecular flexibility index (Phi) is 3.31. The van der Waals surface area contributed by atoms with Crippen molar-refractivity contribution >= 4 is 23.5 Å². The molecule has 3 saturated heterocycles. The Morgan fingerprint density at radius 2 is 1.76 bits per heavy atom. The van der Waals surface area contributed by atoms with Crippen molar-refractivity contribution in [1.29, 1.82) is 0 Å². The number of carbonyl (C=O) groups is 3. The molecule has 0 aromatic heterocycles. The molecule has 4 fully saturated rings. The van der Waals surface area contributed by atoms with Crippen LogP contribution in [0.15, 0.2) is 30.3 Å². The van der Waals surface area contributed by atoms with E-state index in [-0.39, 0.29) is 12.8 Å². The first kappa shape index (κ1) is 18.6. The van der Waals surface area contributed by atoms with Gasteiger partial charge in [-0.1, -0.05) is 39.0 Å². The maximum Gasteiger partial charge on any atom is 0.319 e. The first-order valence-electron chi connectivity index (χ1n) is 9.71. The average molecular weight is 401 g/mol. The molecule has 8 heteroatoms. The van der Waals surface area contributed by atoms with Gasteiger partial charge in [0.15, 0.2) is 6.23 Å². The second kappa shape index (κ2) is 5.17. The van der Waals surface area contributed by atoms with Crippen LogP contribution in [0.1, 0.15) is 33.6 Å². The molecule has 29 heavy (non-hydrogen) atoms. The third-order valence-corrected chi connectivity index (χ3v) is 7.53. The first-order valence-corrected chi connectivity index (χ1v) is 9.71. The van der Waals surface area contributed by atoms with E-state index in [4.69, 9.17) is 9.47 Å². The van der Waals surface area contributed by atoms with E-state index in [0.717, 1.165) is 0 Å². The second-order valence-electron chi connectivity index (χ2n) is 9.51. The Balaban J connectivity index is 1.82. The van der Waals surface area contributed by atoms with Gasteiger partial charge in [-0.3, -0.25) is 19.3 Å². The highest BCUT2D eigenvalue weighted by atomic mass is 16.6. The molecule has 1 aliphatic carbocycles. The number of carbonyl (C=O) groups excluding carboxylic acids is 3. The SMILES string of the molecule is CC(C)(C)[C@]1(O)C[C@@H]2OC(=O)C[C@@]23C(=O)O[C@@H]2N(c4ccccc4)C(=O)[C@H](O)[C@]213. The van der Waals surface area contributed by atoms with Gasteiger partial charge in [-0.05, 0) is 17.5 Å². The van der Waals surface area contributed by atoms with Crippen molar-refractivity contribution in [2.45, 2.75) is 57.6 Å². The van der Waals surface area contributed by atoms with Crippen LogP contribution < -0.4 is 4.90 Å². The van der Waals surface area contributed by atoms with Gasteiger partial charge in [0.2, 0.25) is 0 Å². The molecular weight excluding hydrogens is 378 g/mol. The van der Waals surface area contributed by atoms with Crippen molar-refractivity contribution in [2.24, 2.45) is 16.2 Å². The zero-order valence-corrected chi connectivity index (χ0v) is 16.4. The second-order valence-corrected chi connectivity index (χ2v) is 9.51. The van der Waals surface area contributed by atoms with Crippen LogP contribution in [0.25, 0.3) is 0 Å². The summed E-state index contributed by atoms with van der Waals surface area (Å²) in [7, 11) is 0. The molecular formula is C21H23NO7. The zero-order chi connectivity index (χ0) is 21.0. The van der Waals surface area contributed by atoms with Crippen LogP contribution in [-0.2, 0) is 23.9 Å². The highest BCUT2D eigenvalue weighted by molar-refractivity contribution is 6.05. The maximum absolute atomic E-state index is 13.3. The lowest BCUT2D eigenvalue weighted by Gasteiger charge is -2.51. The number of hydrogen-bond acceptors (Lipinski definition) is 7. The predicted octanol–water partition coefficient (Wildman–Crippen LogP) is 0.746. The number of hydrogen-bond donors (Lipinski definition) is 2. The molecule has 1 amide bonds. The lowest BCUT2D eigenvalue weighted by molar-refractivity contribution is -0.204. The number of aliphatic hydroxyl groups is 2. The summed E-state index contributed by atoms with van der Waals surface area (Å²) in [5.74, 6) is -1.98. The number of esters is 2. The van der Waals surface area contributed by atoms with Crippen LogP contribution >= 0.6 is 0 Å². The molecule has 154 valence electrons. The molecule has 0 radical (unpaired) electrons. The topological polar surface area (TPSA) is 113 Å². The largest absolute Gasteiger partial charge is 0.461 e. The van der Waals surface area contributed by atoms with Gasteiger partial charge in [-0.25, -0.2) is 0 Å². The molecule has 3 aliphatic heterocycles. The molecule has 0 bridgehead atoms. The molecule has 2 N–H and O–H groups in total. The smallest absolute Gasteiger partial charge is 0.319 e. The minimum absolute atomic E-state index is 0.0548. The van der Waals surface area contributed by atoms with Crippen molar-refractivity contribution in [2.75, 3.05) is 4.90 Å². The third-order valence-electron chi connectivity index (χ3n) is 7.53. The van der Waals surface area contributed by atoms with Crippen LogP contribution in [0.5, 0.6) is 0 Å². The molecule has 5 rings (SSSR count). The maximum atomic E-state index is 13.3. The van der Waals surface area contributed by atoms with E-state index in [2.05, 4.69) is 0 Å². The molecule has 0 unspecified atom stereocenters. The number of anilines is 1. The normalized spacial score (nSPS) is 43.1. The highest BCUT2D eigenvalue weighted by Gasteiger charge is 2.92. The quantitative estimate of drug-likeness (QED) is 0.668. The predicted molar refractivity (Wildman–Crippen MR) is 98.2 cm³/mol. The molecule has 8 nitrogen and oxygen atoms in total. The van der Waals surface area contributed by atoms with E-state index in [1.165, 1.54) is 4.90 Å². The number of nitrogens with zero attached hydrogens (tertiary/aromatic N) is 1. The van der Waals surface area contributed by atoms with Crippen molar-refractivity contribution in [3.63, 3.8) is 0 Å². The van der Waals surface area contributed by atoms with E-state index in [9.17, 15) is 24.6 Å². The van der Waals surface area contributed by atoms with E-state index >= 15 is 0 Å². The molecule has 2 spiro atoms. The Morgan fingerprint density at radius 3 is 2.38 bits per heavy atom. The molecule has 1 aromatic rings. The van der Waals surface area contributed by atoms with E-state index in [0.29, 0.717) is 5.69 Å². The number of rotatable bonds is 1. The van der Waals surface area contributed by atoms with E-state index in [1.807, 2.05) is 0 Å². The third kappa shape index (κ3) is 1.73. The fourth-order valence-electron chi connectivity index (χ4n) is 6.26. The molecule has 1 aromatic carbocycles.